The van der Waals surface area contributed by atoms with E-state index in [4.69, 9.17) is 10.00 Å². The molecule has 0 heterocycles. The van der Waals surface area contributed by atoms with Gasteiger partial charge in [0.05, 0.1) is 12.5 Å². The summed E-state index contributed by atoms with van der Waals surface area (Å²) < 4.78 is 4.93. The number of carbonyl (C=O) groups is 1. The molecule has 0 radical (unpaired) electrons. The van der Waals surface area contributed by atoms with E-state index >= 15 is 0 Å². The second-order valence-corrected chi connectivity index (χ2v) is 2.74. The third kappa shape index (κ3) is 5.72. The average Bonchev–Trinajstić information content (AvgIpc) is 2.00. The number of ether oxygens (including phenoxy) is 1. The van der Waals surface area contributed by atoms with Crippen LogP contribution < -0.4 is 0 Å². The van der Waals surface area contributed by atoms with Crippen LogP contribution in [0.15, 0.2) is 0 Å². The van der Waals surface area contributed by atoms with Crippen LogP contribution in [0, 0.1) is 11.3 Å². The van der Waals surface area contributed by atoms with E-state index in [2.05, 4.69) is 6.92 Å². The van der Waals surface area contributed by atoms with Crippen molar-refractivity contribution in [1.29, 1.82) is 5.26 Å². The van der Waals surface area contributed by atoms with Crippen LogP contribution in [0.1, 0.15) is 39.5 Å². The van der Waals surface area contributed by atoms with Crippen molar-refractivity contribution in [3.8, 4) is 6.07 Å². The van der Waals surface area contributed by atoms with Gasteiger partial charge in [0.25, 0.3) is 0 Å². The lowest BCUT2D eigenvalue weighted by Gasteiger charge is -2.12. The second-order valence-electron chi connectivity index (χ2n) is 2.74. The van der Waals surface area contributed by atoms with E-state index in [1.165, 1.54) is 6.92 Å². The van der Waals surface area contributed by atoms with E-state index in [1.54, 1.807) is 0 Å². The Morgan fingerprint density at radius 3 is 2.75 bits per heavy atom. The molecular weight excluding hydrogens is 154 g/mol. The van der Waals surface area contributed by atoms with Crippen molar-refractivity contribution < 1.29 is 9.53 Å². The number of hydrogen-bond donors (Lipinski definition) is 0. The molecular formula is C9H15NO2. The van der Waals surface area contributed by atoms with Gasteiger partial charge in [-0.2, -0.15) is 5.26 Å². The molecule has 0 aliphatic rings. The van der Waals surface area contributed by atoms with Crippen LogP contribution in [0.4, 0.5) is 0 Å². The lowest BCUT2D eigenvalue weighted by molar-refractivity contribution is -0.146. The summed E-state index contributed by atoms with van der Waals surface area (Å²) in [5.41, 5.74) is 0. The average molecular weight is 169 g/mol. The Morgan fingerprint density at radius 2 is 2.33 bits per heavy atom. The van der Waals surface area contributed by atoms with Gasteiger partial charge >= 0.3 is 5.97 Å². The molecule has 0 aromatic carbocycles. The van der Waals surface area contributed by atoms with Gasteiger partial charge in [0.15, 0.2) is 0 Å². The molecule has 0 saturated heterocycles. The van der Waals surface area contributed by atoms with Crippen molar-refractivity contribution in [1.82, 2.24) is 0 Å². The summed E-state index contributed by atoms with van der Waals surface area (Å²) in [5, 5.41) is 8.41. The molecule has 0 bridgehead atoms. The van der Waals surface area contributed by atoms with Crippen LogP contribution in [0.3, 0.4) is 0 Å². The Balaban J connectivity index is 3.71. The topological polar surface area (TPSA) is 50.1 Å². The van der Waals surface area contributed by atoms with E-state index in [0.717, 1.165) is 19.3 Å². The highest BCUT2D eigenvalue weighted by Crippen LogP contribution is 2.08. The molecule has 3 heteroatoms. The summed E-state index contributed by atoms with van der Waals surface area (Å²) in [6.07, 6.45) is 2.96. The van der Waals surface area contributed by atoms with Crippen molar-refractivity contribution in [2.75, 3.05) is 0 Å². The maximum absolute atomic E-state index is 10.6. The molecule has 0 saturated carbocycles. The SMILES string of the molecule is CCCC[C@H](CC#N)OC(C)=O. The Bertz CT molecular complexity index is 172. The molecule has 68 valence electrons. The lowest BCUT2D eigenvalue weighted by atomic mass is 10.1. The van der Waals surface area contributed by atoms with Gasteiger partial charge in [-0.15, -0.1) is 0 Å². The monoisotopic (exact) mass is 169 g/mol. The summed E-state index contributed by atoms with van der Waals surface area (Å²) >= 11 is 0. The van der Waals surface area contributed by atoms with E-state index in [-0.39, 0.29) is 12.1 Å². The van der Waals surface area contributed by atoms with Crippen LogP contribution in [-0.4, -0.2) is 12.1 Å². The number of nitriles is 1. The first-order chi connectivity index (χ1) is 5.70. The molecule has 0 N–H and O–H groups in total. The normalized spacial score (nSPS) is 11.8. The summed E-state index contributed by atoms with van der Waals surface area (Å²) in [7, 11) is 0. The van der Waals surface area contributed by atoms with E-state index in [9.17, 15) is 4.79 Å². The molecule has 0 amide bonds. The van der Waals surface area contributed by atoms with Gasteiger partial charge in [0, 0.05) is 6.92 Å². The number of rotatable bonds is 5. The Morgan fingerprint density at radius 1 is 1.67 bits per heavy atom. The Hall–Kier alpha value is -1.04. The molecule has 0 unspecified atom stereocenters. The fraction of sp³-hybridized carbons (Fsp3) is 0.778. The molecule has 0 fully saturated rings. The third-order valence-electron chi connectivity index (χ3n) is 1.53. The summed E-state index contributed by atoms with van der Waals surface area (Å²) in [6, 6.07) is 2.00. The molecule has 1 atom stereocenters. The lowest BCUT2D eigenvalue weighted by Crippen LogP contribution is -2.15. The number of esters is 1. The first-order valence-corrected chi connectivity index (χ1v) is 4.24. The van der Waals surface area contributed by atoms with E-state index in [0.29, 0.717) is 6.42 Å². The van der Waals surface area contributed by atoms with Gasteiger partial charge in [-0.1, -0.05) is 19.8 Å². The van der Waals surface area contributed by atoms with Crippen molar-refractivity contribution in [3.05, 3.63) is 0 Å². The van der Waals surface area contributed by atoms with Gasteiger partial charge in [-0.25, -0.2) is 0 Å². The molecule has 0 aromatic heterocycles. The maximum atomic E-state index is 10.6. The fourth-order valence-electron chi connectivity index (χ4n) is 0.971. The molecule has 0 aliphatic carbocycles. The smallest absolute Gasteiger partial charge is 0.302 e. The van der Waals surface area contributed by atoms with Crippen molar-refractivity contribution in [3.63, 3.8) is 0 Å². The molecule has 0 rings (SSSR count). The van der Waals surface area contributed by atoms with Gasteiger partial charge in [0.1, 0.15) is 6.10 Å². The van der Waals surface area contributed by atoms with E-state index in [1.807, 2.05) is 6.07 Å². The maximum Gasteiger partial charge on any atom is 0.302 e. The fourth-order valence-corrected chi connectivity index (χ4v) is 0.971. The predicted molar refractivity (Wildman–Crippen MR) is 45.3 cm³/mol. The Labute approximate surface area is 73.3 Å². The second kappa shape index (κ2) is 6.66. The van der Waals surface area contributed by atoms with Gasteiger partial charge < -0.3 is 4.74 Å². The first-order valence-electron chi connectivity index (χ1n) is 4.24. The number of carbonyl (C=O) groups excluding carboxylic acids is 1. The van der Waals surface area contributed by atoms with Gasteiger partial charge in [-0.3, -0.25) is 4.79 Å². The predicted octanol–water partition coefficient (Wildman–Crippen LogP) is 2.02. The highest BCUT2D eigenvalue weighted by molar-refractivity contribution is 5.66. The highest BCUT2D eigenvalue weighted by Gasteiger charge is 2.09. The standard InChI is InChI=1S/C9H15NO2/c1-3-4-5-9(6-7-10)12-8(2)11/h9H,3-6H2,1-2H3/t9-/m1/s1. The minimum atomic E-state index is -0.300. The van der Waals surface area contributed by atoms with Crippen LogP contribution in [0.25, 0.3) is 0 Å². The number of unbranched alkanes of at least 4 members (excludes halogenated alkanes) is 1. The molecule has 0 aromatic rings. The minimum Gasteiger partial charge on any atom is -0.461 e. The molecule has 12 heavy (non-hydrogen) atoms. The van der Waals surface area contributed by atoms with Gasteiger partial charge in [0.2, 0.25) is 0 Å². The van der Waals surface area contributed by atoms with Crippen LogP contribution in [0.5, 0.6) is 0 Å². The Kier molecular flexibility index (Phi) is 6.08. The molecule has 0 aliphatic heterocycles. The minimum absolute atomic E-state index is 0.201. The van der Waals surface area contributed by atoms with Crippen LogP contribution in [-0.2, 0) is 9.53 Å². The first kappa shape index (κ1) is 11.0. The third-order valence-corrected chi connectivity index (χ3v) is 1.53. The van der Waals surface area contributed by atoms with E-state index < -0.39 is 0 Å². The largest absolute Gasteiger partial charge is 0.461 e. The highest BCUT2D eigenvalue weighted by atomic mass is 16.5. The number of hydrogen-bond acceptors (Lipinski definition) is 3. The molecule has 3 nitrogen and oxygen atoms in total. The quantitative estimate of drug-likeness (QED) is 0.591. The summed E-state index contributed by atoms with van der Waals surface area (Å²) in [6.45, 7) is 3.44. The van der Waals surface area contributed by atoms with Crippen LogP contribution >= 0.6 is 0 Å². The molecule has 0 spiro atoms. The van der Waals surface area contributed by atoms with Crippen LogP contribution in [0.2, 0.25) is 0 Å². The van der Waals surface area contributed by atoms with Crippen molar-refractivity contribution >= 4 is 5.97 Å². The zero-order chi connectivity index (χ0) is 9.40. The zero-order valence-corrected chi connectivity index (χ0v) is 7.67. The number of nitrogens with zero attached hydrogens (tertiary/aromatic N) is 1. The summed E-state index contributed by atoms with van der Waals surface area (Å²) in [5.74, 6) is -0.300. The zero-order valence-electron chi connectivity index (χ0n) is 7.67. The van der Waals surface area contributed by atoms with Crippen molar-refractivity contribution in [2.45, 2.75) is 45.6 Å². The van der Waals surface area contributed by atoms with Crippen molar-refractivity contribution in [2.24, 2.45) is 0 Å². The van der Waals surface area contributed by atoms with Gasteiger partial charge in [-0.05, 0) is 6.42 Å². The summed E-state index contributed by atoms with van der Waals surface area (Å²) in [4.78, 5) is 10.6.